The van der Waals surface area contributed by atoms with Gasteiger partial charge in [-0.25, -0.2) is 0 Å². The fourth-order valence-corrected chi connectivity index (χ4v) is 2.44. The molecule has 2 atom stereocenters. The van der Waals surface area contributed by atoms with Gasteiger partial charge >= 0.3 is 0 Å². The first-order chi connectivity index (χ1) is 7.24. The van der Waals surface area contributed by atoms with Crippen LogP contribution in [0, 0.1) is 12.8 Å². The second-order valence-electron chi connectivity index (χ2n) is 5.13. The lowest BCUT2D eigenvalue weighted by atomic mass is 10.1. The minimum atomic E-state index is 0.782. The lowest BCUT2D eigenvalue weighted by Gasteiger charge is -2.00. The summed E-state index contributed by atoms with van der Waals surface area (Å²) in [5.74, 6) is 1.65. The fraction of sp³-hybridized carbons (Fsp3) is 0.750. The molecule has 3 heteroatoms. The topological polar surface area (TPSA) is 29.9 Å². The predicted molar refractivity (Wildman–Crippen MR) is 59.8 cm³/mol. The number of hydrogen-bond acceptors (Lipinski definition) is 2. The summed E-state index contributed by atoms with van der Waals surface area (Å²) in [6, 6.07) is 0.848. The van der Waals surface area contributed by atoms with Gasteiger partial charge in [-0.3, -0.25) is 4.68 Å². The first-order valence-electron chi connectivity index (χ1n) is 5.97. The third-order valence-corrected chi connectivity index (χ3v) is 3.62. The molecule has 1 heterocycles. The van der Waals surface area contributed by atoms with E-state index in [1.165, 1.54) is 37.1 Å². The molecule has 3 rings (SSSR count). The van der Waals surface area contributed by atoms with Gasteiger partial charge in [0.15, 0.2) is 0 Å². The van der Waals surface area contributed by atoms with E-state index >= 15 is 0 Å². The predicted octanol–water partition coefficient (Wildman–Crippen LogP) is 1.58. The van der Waals surface area contributed by atoms with Gasteiger partial charge in [0, 0.05) is 19.3 Å². The van der Waals surface area contributed by atoms with Crippen LogP contribution in [0.25, 0.3) is 0 Å². The average molecular weight is 205 g/mol. The molecule has 1 aromatic rings. The van der Waals surface area contributed by atoms with E-state index in [-0.39, 0.29) is 0 Å². The van der Waals surface area contributed by atoms with Crippen molar-refractivity contribution < 1.29 is 0 Å². The summed E-state index contributed by atoms with van der Waals surface area (Å²) < 4.78 is 1.94. The van der Waals surface area contributed by atoms with Crippen LogP contribution in [0.1, 0.15) is 36.4 Å². The standard InChI is InChI=1S/C12H19N3/c1-8-12(7-15(2)14-8)11-5-9(11)6-13-10-3-4-10/h7,9-11,13H,3-6H2,1-2H3. The maximum Gasteiger partial charge on any atom is 0.0628 e. The van der Waals surface area contributed by atoms with Gasteiger partial charge in [0.25, 0.3) is 0 Å². The number of rotatable bonds is 4. The molecule has 0 bridgehead atoms. The zero-order valence-electron chi connectivity index (χ0n) is 9.53. The largest absolute Gasteiger partial charge is 0.314 e. The maximum atomic E-state index is 4.41. The third-order valence-electron chi connectivity index (χ3n) is 3.62. The van der Waals surface area contributed by atoms with Gasteiger partial charge in [-0.2, -0.15) is 5.10 Å². The van der Waals surface area contributed by atoms with Gasteiger partial charge in [-0.1, -0.05) is 0 Å². The van der Waals surface area contributed by atoms with Crippen molar-refractivity contribution in [3.8, 4) is 0 Å². The van der Waals surface area contributed by atoms with Crippen molar-refractivity contribution in [3.63, 3.8) is 0 Å². The Balaban J connectivity index is 1.58. The minimum Gasteiger partial charge on any atom is -0.314 e. The highest BCUT2D eigenvalue weighted by molar-refractivity contribution is 5.27. The molecule has 2 fully saturated rings. The molecule has 2 saturated carbocycles. The smallest absolute Gasteiger partial charge is 0.0628 e. The number of aromatic nitrogens is 2. The van der Waals surface area contributed by atoms with Crippen LogP contribution in [0.3, 0.4) is 0 Å². The molecule has 2 unspecified atom stereocenters. The van der Waals surface area contributed by atoms with Gasteiger partial charge in [0.05, 0.1) is 5.69 Å². The van der Waals surface area contributed by atoms with E-state index in [4.69, 9.17) is 0 Å². The summed E-state index contributed by atoms with van der Waals surface area (Å²) in [7, 11) is 2.01. The van der Waals surface area contributed by atoms with E-state index in [0.717, 1.165) is 17.9 Å². The maximum absolute atomic E-state index is 4.41. The Hall–Kier alpha value is -0.830. The summed E-state index contributed by atoms with van der Waals surface area (Å²) in [5, 5.41) is 8.03. The van der Waals surface area contributed by atoms with E-state index in [2.05, 4.69) is 23.5 Å². The summed E-state index contributed by atoms with van der Waals surface area (Å²) in [4.78, 5) is 0. The SMILES string of the molecule is Cc1nn(C)cc1C1CC1CNC1CC1. The molecule has 2 aliphatic carbocycles. The Labute approximate surface area is 90.9 Å². The number of hydrogen-bond donors (Lipinski definition) is 1. The normalized spacial score (nSPS) is 29.5. The van der Waals surface area contributed by atoms with Crippen LogP contribution in [0.15, 0.2) is 6.20 Å². The summed E-state index contributed by atoms with van der Waals surface area (Å²) >= 11 is 0. The Morgan fingerprint density at radius 3 is 2.93 bits per heavy atom. The zero-order valence-corrected chi connectivity index (χ0v) is 9.53. The van der Waals surface area contributed by atoms with Gasteiger partial charge in [-0.15, -0.1) is 0 Å². The Morgan fingerprint density at radius 1 is 1.53 bits per heavy atom. The molecule has 1 aromatic heterocycles. The fourth-order valence-electron chi connectivity index (χ4n) is 2.44. The molecule has 1 N–H and O–H groups in total. The number of nitrogens with one attached hydrogen (secondary N) is 1. The molecule has 15 heavy (non-hydrogen) atoms. The second kappa shape index (κ2) is 3.34. The quantitative estimate of drug-likeness (QED) is 0.809. The van der Waals surface area contributed by atoms with Gasteiger partial charge in [0.2, 0.25) is 0 Å². The van der Waals surface area contributed by atoms with Gasteiger partial charge < -0.3 is 5.32 Å². The van der Waals surface area contributed by atoms with E-state index in [0.29, 0.717) is 0 Å². The second-order valence-corrected chi connectivity index (χ2v) is 5.13. The lowest BCUT2D eigenvalue weighted by molar-refractivity contribution is 0.623. The highest BCUT2D eigenvalue weighted by Crippen LogP contribution is 2.48. The molecule has 0 spiro atoms. The van der Waals surface area contributed by atoms with Crippen LogP contribution in [0.4, 0.5) is 0 Å². The molecular weight excluding hydrogens is 186 g/mol. The Bertz CT molecular complexity index is 365. The molecule has 0 aliphatic heterocycles. The van der Waals surface area contributed by atoms with Gasteiger partial charge in [0.1, 0.15) is 0 Å². The average Bonchev–Trinajstić information content (AvgIpc) is 3.07. The van der Waals surface area contributed by atoms with Crippen LogP contribution in [0.5, 0.6) is 0 Å². The number of aryl methyl sites for hydroxylation is 2. The molecule has 0 saturated heterocycles. The molecule has 0 amide bonds. The van der Waals surface area contributed by atoms with Crippen LogP contribution < -0.4 is 5.32 Å². The van der Waals surface area contributed by atoms with Gasteiger partial charge in [-0.05, 0) is 50.1 Å². The van der Waals surface area contributed by atoms with Crippen molar-refractivity contribution in [2.24, 2.45) is 13.0 Å². The molecule has 0 radical (unpaired) electrons. The van der Waals surface area contributed by atoms with Crippen molar-refractivity contribution >= 4 is 0 Å². The molecule has 82 valence electrons. The summed E-state index contributed by atoms with van der Waals surface area (Å²) in [5.41, 5.74) is 2.69. The lowest BCUT2D eigenvalue weighted by Crippen LogP contribution is -2.19. The Morgan fingerprint density at radius 2 is 2.33 bits per heavy atom. The number of nitrogens with zero attached hydrogens (tertiary/aromatic N) is 2. The molecular formula is C12H19N3. The van der Waals surface area contributed by atoms with E-state index < -0.39 is 0 Å². The highest BCUT2D eigenvalue weighted by atomic mass is 15.2. The summed E-state index contributed by atoms with van der Waals surface area (Å²) in [6.45, 7) is 3.34. The highest BCUT2D eigenvalue weighted by Gasteiger charge is 2.40. The van der Waals surface area contributed by atoms with Crippen LogP contribution >= 0.6 is 0 Å². The third kappa shape index (κ3) is 1.93. The van der Waals surface area contributed by atoms with Crippen LogP contribution in [0.2, 0.25) is 0 Å². The van der Waals surface area contributed by atoms with Crippen molar-refractivity contribution in [3.05, 3.63) is 17.5 Å². The minimum absolute atomic E-state index is 0.782. The van der Waals surface area contributed by atoms with Crippen molar-refractivity contribution in [2.75, 3.05) is 6.54 Å². The van der Waals surface area contributed by atoms with E-state index in [1.54, 1.807) is 0 Å². The Kier molecular flexibility index (Phi) is 2.09. The molecule has 0 aromatic carbocycles. The van der Waals surface area contributed by atoms with Crippen molar-refractivity contribution in [2.45, 2.75) is 38.1 Å². The molecule has 3 nitrogen and oxygen atoms in total. The van der Waals surface area contributed by atoms with Crippen molar-refractivity contribution in [1.29, 1.82) is 0 Å². The van der Waals surface area contributed by atoms with Crippen LogP contribution in [-0.4, -0.2) is 22.4 Å². The first kappa shape index (κ1) is 9.40. The monoisotopic (exact) mass is 205 g/mol. The van der Waals surface area contributed by atoms with E-state index in [9.17, 15) is 0 Å². The van der Waals surface area contributed by atoms with Crippen LogP contribution in [-0.2, 0) is 7.05 Å². The first-order valence-corrected chi connectivity index (χ1v) is 5.97. The van der Waals surface area contributed by atoms with Crippen molar-refractivity contribution in [1.82, 2.24) is 15.1 Å². The molecule has 2 aliphatic rings. The van der Waals surface area contributed by atoms with E-state index in [1.807, 2.05) is 11.7 Å². The summed E-state index contributed by atoms with van der Waals surface area (Å²) in [6.07, 6.45) is 6.33. The zero-order chi connectivity index (χ0) is 10.4.